The Hall–Kier alpha value is -1.40. The summed E-state index contributed by atoms with van der Waals surface area (Å²) in [5.74, 6) is -0.321. The molecule has 2 rings (SSSR count). The van der Waals surface area contributed by atoms with Gasteiger partial charge in [-0.15, -0.1) is 0 Å². The third-order valence-corrected chi connectivity index (χ3v) is 3.22. The molecule has 0 aromatic heterocycles. The van der Waals surface area contributed by atoms with Crippen LogP contribution in [0.5, 0.6) is 0 Å². The number of benzene rings is 1. The molecule has 0 N–H and O–H groups in total. The number of carbonyl (C=O) groups is 1. The van der Waals surface area contributed by atoms with Crippen LogP contribution in [0.4, 0.5) is 0 Å². The van der Waals surface area contributed by atoms with E-state index in [0.29, 0.717) is 18.4 Å². The first-order valence-corrected chi connectivity index (χ1v) is 7.40. The third-order valence-electron chi connectivity index (χ3n) is 2.66. The van der Waals surface area contributed by atoms with E-state index in [1.807, 2.05) is 6.07 Å². The molecule has 0 amide bonds. The lowest BCUT2D eigenvalue weighted by atomic mass is 10.0. The molecular weight excluding hydrogens is 256 g/mol. The van der Waals surface area contributed by atoms with Crippen molar-refractivity contribution in [3.8, 4) is 0 Å². The summed E-state index contributed by atoms with van der Waals surface area (Å²) in [6.07, 6.45) is 0.427. The quantitative estimate of drug-likeness (QED) is 0.611. The van der Waals surface area contributed by atoms with Gasteiger partial charge in [0.15, 0.2) is 0 Å². The molecule has 0 bridgehead atoms. The zero-order chi connectivity index (χ0) is 13.2. The van der Waals surface area contributed by atoms with Crippen LogP contribution in [0.25, 0.3) is 0 Å². The van der Waals surface area contributed by atoms with Crippen molar-refractivity contribution in [1.29, 1.82) is 0 Å². The molecule has 0 unspecified atom stereocenters. The van der Waals surface area contributed by atoms with Gasteiger partial charge in [-0.2, -0.15) is 8.42 Å². The second-order valence-corrected chi connectivity index (χ2v) is 5.80. The number of ether oxygens (including phenoxy) is 1. The minimum Gasteiger partial charge on any atom is -0.459 e. The average molecular weight is 270 g/mol. The first-order valence-electron chi connectivity index (χ1n) is 5.58. The van der Waals surface area contributed by atoms with Gasteiger partial charge in [0.25, 0.3) is 10.1 Å². The van der Waals surface area contributed by atoms with Gasteiger partial charge in [-0.1, -0.05) is 30.3 Å². The maximum Gasteiger partial charge on any atom is 0.306 e. The van der Waals surface area contributed by atoms with Crippen molar-refractivity contribution in [2.24, 2.45) is 0 Å². The van der Waals surface area contributed by atoms with Crippen molar-refractivity contribution in [3.05, 3.63) is 35.9 Å². The van der Waals surface area contributed by atoms with Gasteiger partial charge in [-0.05, 0) is 12.0 Å². The second kappa shape index (κ2) is 5.07. The molecule has 6 heteroatoms. The molecule has 1 heterocycles. The molecule has 18 heavy (non-hydrogen) atoms. The van der Waals surface area contributed by atoms with Crippen LogP contribution in [-0.4, -0.2) is 26.7 Å². The van der Waals surface area contributed by atoms with Crippen molar-refractivity contribution < 1.29 is 22.1 Å². The zero-order valence-corrected chi connectivity index (χ0v) is 10.7. The molecule has 0 aliphatic carbocycles. The van der Waals surface area contributed by atoms with Gasteiger partial charge in [0.2, 0.25) is 0 Å². The van der Waals surface area contributed by atoms with Crippen LogP contribution in [0.3, 0.4) is 0 Å². The molecule has 1 aliphatic heterocycles. The lowest BCUT2D eigenvalue weighted by molar-refractivity contribution is -0.144. The van der Waals surface area contributed by atoms with E-state index in [-0.39, 0.29) is 5.97 Å². The Morgan fingerprint density at radius 3 is 2.50 bits per heavy atom. The molecule has 2 atom stereocenters. The SMILES string of the molecule is CS(=O)(=O)O[C@H](c1ccccc1)[C@@H]1CCC(=O)O1. The molecule has 0 saturated carbocycles. The highest BCUT2D eigenvalue weighted by Crippen LogP contribution is 2.31. The summed E-state index contributed by atoms with van der Waals surface area (Å²) in [4.78, 5) is 11.1. The fraction of sp³-hybridized carbons (Fsp3) is 0.417. The van der Waals surface area contributed by atoms with E-state index in [1.54, 1.807) is 24.3 Å². The molecule has 1 aliphatic rings. The number of esters is 1. The largest absolute Gasteiger partial charge is 0.459 e. The van der Waals surface area contributed by atoms with E-state index in [1.165, 1.54) is 0 Å². The molecule has 1 aromatic carbocycles. The van der Waals surface area contributed by atoms with Crippen molar-refractivity contribution in [1.82, 2.24) is 0 Å². The fourth-order valence-corrected chi connectivity index (χ4v) is 2.53. The Morgan fingerprint density at radius 2 is 2.00 bits per heavy atom. The first kappa shape index (κ1) is 13.0. The van der Waals surface area contributed by atoms with E-state index >= 15 is 0 Å². The Kier molecular flexibility index (Phi) is 3.68. The van der Waals surface area contributed by atoms with Crippen LogP contribution in [0.15, 0.2) is 30.3 Å². The Bertz CT molecular complexity index is 523. The molecule has 98 valence electrons. The summed E-state index contributed by atoms with van der Waals surface area (Å²) in [6.45, 7) is 0. The molecule has 1 fully saturated rings. The van der Waals surface area contributed by atoms with Crippen molar-refractivity contribution >= 4 is 16.1 Å². The monoisotopic (exact) mass is 270 g/mol. The highest BCUT2D eigenvalue weighted by molar-refractivity contribution is 7.86. The summed E-state index contributed by atoms with van der Waals surface area (Å²) in [6, 6.07) is 8.89. The van der Waals surface area contributed by atoms with Gasteiger partial charge in [-0.25, -0.2) is 0 Å². The molecule has 1 aromatic rings. The van der Waals surface area contributed by atoms with Crippen molar-refractivity contribution in [3.63, 3.8) is 0 Å². The van der Waals surface area contributed by atoms with Crippen molar-refractivity contribution in [2.45, 2.75) is 25.0 Å². The number of rotatable bonds is 4. The van der Waals surface area contributed by atoms with Crippen molar-refractivity contribution in [2.75, 3.05) is 6.26 Å². The van der Waals surface area contributed by atoms with Gasteiger partial charge in [-0.3, -0.25) is 8.98 Å². The van der Waals surface area contributed by atoms with Gasteiger partial charge in [0.05, 0.1) is 6.26 Å². The first-order chi connectivity index (χ1) is 8.46. The van der Waals surface area contributed by atoms with E-state index in [0.717, 1.165) is 6.26 Å². The third kappa shape index (κ3) is 3.30. The maximum absolute atomic E-state index is 11.3. The van der Waals surface area contributed by atoms with Gasteiger partial charge >= 0.3 is 5.97 Å². The molecule has 0 spiro atoms. The predicted octanol–water partition coefficient (Wildman–Crippen LogP) is 1.41. The predicted molar refractivity (Wildman–Crippen MR) is 64.2 cm³/mol. The minimum absolute atomic E-state index is 0.293. The summed E-state index contributed by atoms with van der Waals surface area (Å²) in [7, 11) is -3.62. The topological polar surface area (TPSA) is 69.7 Å². The summed E-state index contributed by atoms with van der Waals surface area (Å²) in [5.41, 5.74) is 0.683. The van der Waals surface area contributed by atoms with E-state index < -0.39 is 22.3 Å². The van der Waals surface area contributed by atoms with Gasteiger partial charge in [0.1, 0.15) is 12.2 Å². The normalized spacial score (nSPS) is 21.6. The molecule has 0 radical (unpaired) electrons. The summed E-state index contributed by atoms with van der Waals surface area (Å²) < 4.78 is 32.7. The average Bonchev–Trinajstić information content (AvgIpc) is 2.73. The Morgan fingerprint density at radius 1 is 1.33 bits per heavy atom. The number of hydrogen-bond acceptors (Lipinski definition) is 5. The maximum atomic E-state index is 11.3. The van der Waals surface area contributed by atoms with Crippen LogP contribution in [-0.2, 0) is 23.8 Å². The zero-order valence-electron chi connectivity index (χ0n) is 9.91. The van der Waals surface area contributed by atoms with Crippen LogP contribution < -0.4 is 0 Å². The highest BCUT2D eigenvalue weighted by Gasteiger charge is 2.35. The lowest BCUT2D eigenvalue weighted by Gasteiger charge is -2.21. The van der Waals surface area contributed by atoms with Gasteiger partial charge < -0.3 is 4.74 Å². The molecule has 5 nitrogen and oxygen atoms in total. The number of carbonyl (C=O) groups excluding carboxylic acids is 1. The minimum atomic E-state index is -3.62. The van der Waals surface area contributed by atoms with Gasteiger partial charge in [0, 0.05) is 6.42 Å². The summed E-state index contributed by atoms with van der Waals surface area (Å²) in [5, 5.41) is 0. The van der Waals surface area contributed by atoms with Crippen LogP contribution in [0.2, 0.25) is 0 Å². The number of hydrogen-bond donors (Lipinski definition) is 0. The van der Waals surface area contributed by atoms with E-state index in [4.69, 9.17) is 8.92 Å². The van der Waals surface area contributed by atoms with Crippen LogP contribution in [0, 0.1) is 0 Å². The standard InChI is InChI=1S/C12H14O5S/c1-18(14,15)17-12(9-5-3-2-4-6-9)10-7-8-11(13)16-10/h2-6,10,12H,7-8H2,1H3/t10-,12+/m0/s1. The summed E-state index contributed by atoms with van der Waals surface area (Å²) >= 11 is 0. The number of cyclic esters (lactones) is 1. The fourth-order valence-electron chi connectivity index (χ4n) is 1.92. The Labute approximate surface area is 106 Å². The lowest BCUT2D eigenvalue weighted by Crippen LogP contribution is -2.23. The van der Waals surface area contributed by atoms with Crippen LogP contribution in [0.1, 0.15) is 24.5 Å². The highest BCUT2D eigenvalue weighted by atomic mass is 32.2. The smallest absolute Gasteiger partial charge is 0.306 e. The van der Waals surface area contributed by atoms with Crippen LogP contribution >= 0.6 is 0 Å². The Balaban J connectivity index is 2.26. The van der Waals surface area contributed by atoms with E-state index in [2.05, 4.69) is 0 Å². The molecular formula is C12H14O5S. The molecule has 1 saturated heterocycles. The van der Waals surface area contributed by atoms with E-state index in [9.17, 15) is 13.2 Å². The second-order valence-electron chi connectivity index (χ2n) is 4.20.